The molecule has 1 amide bonds. The van der Waals surface area contributed by atoms with Crippen LogP contribution in [0.25, 0.3) is 0 Å². The molecule has 5 nitrogen and oxygen atoms in total. The van der Waals surface area contributed by atoms with Gasteiger partial charge < -0.3 is 14.6 Å². The van der Waals surface area contributed by atoms with E-state index in [-0.39, 0.29) is 5.91 Å². The number of carbonyl (C=O) groups is 1. The Morgan fingerprint density at radius 3 is 2.67 bits per heavy atom. The molecule has 0 saturated carbocycles. The zero-order valence-electron chi connectivity index (χ0n) is 16.0. The predicted molar refractivity (Wildman–Crippen MR) is 104 cm³/mol. The Labute approximate surface area is 160 Å². The molecule has 2 aromatic rings. The second kappa shape index (κ2) is 6.41. The molecule has 1 aromatic heterocycles. The van der Waals surface area contributed by atoms with Crippen molar-refractivity contribution in [2.75, 3.05) is 26.7 Å². The van der Waals surface area contributed by atoms with E-state index < -0.39 is 0 Å². The lowest BCUT2D eigenvalue weighted by Gasteiger charge is -2.51. The number of nitrogens with one attached hydrogen (secondary N) is 1. The molecule has 6 rings (SSSR count). The second-order valence-corrected chi connectivity index (χ2v) is 8.25. The highest BCUT2D eigenvalue weighted by molar-refractivity contribution is 5.93. The highest BCUT2D eigenvalue weighted by Gasteiger charge is 2.55. The fourth-order valence-corrected chi connectivity index (χ4v) is 5.68. The Bertz CT molecular complexity index is 853. The van der Waals surface area contributed by atoms with Crippen molar-refractivity contribution < 1.29 is 9.53 Å². The van der Waals surface area contributed by atoms with Crippen LogP contribution in [0.5, 0.6) is 5.75 Å². The SMILES string of the molecule is COc1ccccc1[C@H]1CN(C(=O)c2cc(C)c[nH]2)[C@H]2C3CCN(CC3)[C@@H]12. The number of fused-ring (bicyclic) bond motifs is 2. The van der Waals surface area contributed by atoms with Gasteiger partial charge in [-0.15, -0.1) is 0 Å². The largest absolute Gasteiger partial charge is 0.496 e. The van der Waals surface area contributed by atoms with Gasteiger partial charge in [-0.2, -0.15) is 0 Å². The Morgan fingerprint density at radius 1 is 1.19 bits per heavy atom. The van der Waals surface area contributed by atoms with Gasteiger partial charge in [-0.25, -0.2) is 0 Å². The van der Waals surface area contributed by atoms with Gasteiger partial charge in [-0.05, 0) is 56.5 Å². The molecule has 5 heteroatoms. The number of piperidine rings is 3. The van der Waals surface area contributed by atoms with Gasteiger partial charge >= 0.3 is 0 Å². The van der Waals surface area contributed by atoms with Crippen molar-refractivity contribution in [3.05, 3.63) is 53.3 Å². The summed E-state index contributed by atoms with van der Waals surface area (Å²) < 4.78 is 5.67. The lowest BCUT2D eigenvalue weighted by Crippen LogP contribution is -2.60. The topological polar surface area (TPSA) is 48.6 Å². The molecule has 4 fully saturated rings. The highest BCUT2D eigenvalue weighted by atomic mass is 16.5. The van der Waals surface area contributed by atoms with Crippen molar-refractivity contribution in [3.8, 4) is 5.75 Å². The molecule has 4 aliphatic rings. The number of H-pyrrole nitrogens is 1. The van der Waals surface area contributed by atoms with Crippen LogP contribution < -0.4 is 4.74 Å². The van der Waals surface area contributed by atoms with E-state index in [0.29, 0.717) is 29.6 Å². The first-order valence-electron chi connectivity index (χ1n) is 10.0. The van der Waals surface area contributed by atoms with Crippen LogP contribution in [-0.4, -0.2) is 59.5 Å². The van der Waals surface area contributed by atoms with E-state index in [1.807, 2.05) is 31.3 Å². The molecule has 1 N–H and O–H groups in total. The van der Waals surface area contributed by atoms with Crippen LogP contribution in [0.2, 0.25) is 0 Å². The monoisotopic (exact) mass is 365 g/mol. The first-order valence-corrected chi connectivity index (χ1v) is 10.0. The van der Waals surface area contributed by atoms with Gasteiger partial charge in [0.05, 0.1) is 13.2 Å². The molecule has 3 atom stereocenters. The summed E-state index contributed by atoms with van der Waals surface area (Å²) in [5.74, 6) is 1.99. The molecular formula is C22H27N3O2. The minimum atomic E-state index is 0.143. The number of aromatic nitrogens is 1. The normalized spacial score (nSPS) is 31.8. The van der Waals surface area contributed by atoms with E-state index in [2.05, 4.69) is 26.9 Å². The zero-order chi connectivity index (χ0) is 18.5. The fourth-order valence-electron chi connectivity index (χ4n) is 5.68. The van der Waals surface area contributed by atoms with Crippen LogP contribution in [0.1, 0.15) is 40.4 Å². The highest BCUT2D eigenvalue weighted by Crippen LogP contribution is 2.48. The third-order valence-corrected chi connectivity index (χ3v) is 6.85. The Balaban J connectivity index is 1.55. The number of aromatic amines is 1. The minimum Gasteiger partial charge on any atom is -0.496 e. The molecule has 0 spiro atoms. The standard InChI is InChI=1S/C22H27N3O2/c1-14-11-18(23-12-14)22(26)25-13-17(16-5-3-4-6-19(16)27-2)21-20(25)15-7-9-24(21)10-8-15/h3-6,11-12,15,17,20-21,23H,7-10,13H2,1-2H3/t17-,20+,21+/m1/s1. The number of hydrogen-bond acceptors (Lipinski definition) is 3. The van der Waals surface area contributed by atoms with Crippen LogP contribution in [0.15, 0.2) is 36.5 Å². The summed E-state index contributed by atoms with van der Waals surface area (Å²) in [6, 6.07) is 11.0. The van der Waals surface area contributed by atoms with Crippen LogP contribution in [0.4, 0.5) is 0 Å². The Kier molecular flexibility index (Phi) is 4.01. The van der Waals surface area contributed by atoms with Gasteiger partial charge in [-0.3, -0.25) is 9.69 Å². The fraction of sp³-hybridized carbons (Fsp3) is 0.500. The lowest BCUT2D eigenvalue weighted by atomic mass is 9.75. The average Bonchev–Trinajstić information content (AvgIpc) is 3.33. The third kappa shape index (κ3) is 2.59. The number of ether oxygens (including phenoxy) is 1. The van der Waals surface area contributed by atoms with E-state index in [1.54, 1.807) is 7.11 Å². The number of methoxy groups -OCH3 is 1. The van der Waals surface area contributed by atoms with Gasteiger partial charge in [-0.1, -0.05) is 18.2 Å². The van der Waals surface area contributed by atoms with Crippen LogP contribution in [0.3, 0.4) is 0 Å². The molecule has 27 heavy (non-hydrogen) atoms. The summed E-state index contributed by atoms with van der Waals surface area (Å²) in [7, 11) is 1.74. The van der Waals surface area contributed by atoms with Crippen molar-refractivity contribution in [3.63, 3.8) is 0 Å². The summed E-state index contributed by atoms with van der Waals surface area (Å²) in [5, 5.41) is 0. The van der Waals surface area contributed by atoms with Crippen molar-refractivity contribution in [2.24, 2.45) is 5.92 Å². The maximum absolute atomic E-state index is 13.4. The lowest BCUT2D eigenvalue weighted by molar-refractivity contribution is -0.00365. The van der Waals surface area contributed by atoms with Crippen molar-refractivity contribution in [1.29, 1.82) is 0 Å². The molecule has 4 aliphatic heterocycles. The number of rotatable bonds is 3. The van der Waals surface area contributed by atoms with Gasteiger partial charge in [0, 0.05) is 30.3 Å². The molecule has 2 bridgehead atoms. The quantitative estimate of drug-likeness (QED) is 0.910. The summed E-state index contributed by atoms with van der Waals surface area (Å²) in [6.07, 6.45) is 4.32. The van der Waals surface area contributed by atoms with Gasteiger partial charge in [0.15, 0.2) is 0 Å². The Morgan fingerprint density at radius 2 is 1.96 bits per heavy atom. The van der Waals surface area contributed by atoms with E-state index in [4.69, 9.17) is 4.74 Å². The van der Waals surface area contributed by atoms with E-state index in [9.17, 15) is 4.79 Å². The van der Waals surface area contributed by atoms with Crippen molar-refractivity contribution in [1.82, 2.24) is 14.8 Å². The summed E-state index contributed by atoms with van der Waals surface area (Å²) in [4.78, 5) is 21.3. The number of benzene rings is 1. The molecule has 0 unspecified atom stereocenters. The number of likely N-dealkylation sites (tertiary alicyclic amines) is 1. The number of carbonyl (C=O) groups excluding carboxylic acids is 1. The maximum atomic E-state index is 13.4. The van der Waals surface area contributed by atoms with Gasteiger partial charge in [0.2, 0.25) is 0 Å². The van der Waals surface area contributed by atoms with Crippen LogP contribution >= 0.6 is 0 Å². The first-order chi connectivity index (χ1) is 13.2. The molecular weight excluding hydrogens is 338 g/mol. The number of nitrogens with zero attached hydrogens (tertiary/aromatic N) is 2. The summed E-state index contributed by atoms with van der Waals surface area (Å²) in [5.41, 5.74) is 3.05. The first kappa shape index (κ1) is 16.9. The van der Waals surface area contributed by atoms with E-state index in [0.717, 1.165) is 30.9 Å². The third-order valence-electron chi connectivity index (χ3n) is 6.85. The number of hydrogen-bond donors (Lipinski definition) is 1. The van der Waals surface area contributed by atoms with Gasteiger partial charge in [0.25, 0.3) is 5.91 Å². The summed E-state index contributed by atoms with van der Waals surface area (Å²) >= 11 is 0. The van der Waals surface area contributed by atoms with Crippen molar-refractivity contribution >= 4 is 5.91 Å². The summed E-state index contributed by atoms with van der Waals surface area (Å²) in [6.45, 7) is 5.09. The van der Waals surface area contributed by atoms with Crippen LogP contribution in [-0.2, 0) is 0 Å². The van der Waals surface area contributed by atoms with E-state index in [1.165, 1.54) is 18.4 Å². The van der Waals surface area contributed by atoms with Gasteiger partial charge in [0.1, 0.15) is 11.4 Å². The Hall–Kier alpha value is -2.27. The number of para-hydroxylation sites is 1. The number of amides is 1. The molecule has 4 saturated heterocycles. The average molecular weight is 365 g/mol. The molecule has 1 aromatic carbocycles. The zero-order valence-corrected chi connectivity index (χ0v) is 16.0. The molecule has 5 heterocycles. The van der Waals surface area contributed by atoms with Crippen molar-refractivity contribution in [2.45, 2.75) is 37.8 Å². The molecule has 142 valence electrons. The maximum Gasteiger partial charge on any atom is 0.270 e. The number of aryl methyl sites for hydroxylation is 1. The van der Waals surface area contributed by atoms with E-state index >= 15 is 0 Å². The predicted octanol–water partition coefficient (Wildman–Crippen LogP) is 3.03. The molecule has 0 radical (unpaired) electrons. The minimum absolute atomic E-state index is 0.143. The smallest absolute Gasteiger partial charge is 0.270 e. The van der Waals surface area contributed by atoms with Crippen LogP contribution in [0, 0.1) is 12.8 Å². The molecule has 0 aliphatic carbocycles. The second-order valence-electron chi connectivity index (χ2n) is 8.25.